The monoisotopic (exact) mass is 232 g/mol. The van der Waals surface area contributed by atoms with Crippen LogP contribution in [-0.4, -0.2) is 48.2 Å². The lowest BCUT2D eigenvalue weighted by molar-refractivity contribution is -0.151. The summed E-state index contributed by atoms with van der Waals surface area (Å²) < 4.78 is 10.4. The van der Waals surface area contributed by atoms with Gasteiger partial charge in [0, 0.05) is 6.61 Å². The summed E-state index contributed by atoms with van der Waals surface area (Å²) in [6, 6.07) is 0. The van der Waals surface area contributed by atoms with Crippen LogP contribution in [-0.2, 0) is 14.3 Å². The Morgan fingerprint density at radius 3 is 2.69 bits per heavy atom. The first-order chi connectivity index (χ1) is 7.46. The Balaban J connectivity index is 2.46. The Labute approximate surface area is 95.4 Å². The summed E-state index contributed by atoms with van der Waals surface area (Å²) in [5, 5.41) is 18.9. The molecule has 0 aromatic heterocycles. The van der Waals surface area contributed by atoms with Crippen molar-refractivity contribution >= 4 is 5.97 Å². The van der Waals surface area contributed by atoms with Gasteiger partial charge in [-0.15, -0.1) is 0 Å². The van der Waals surface area contributed by atoms with E-state index in [0.29, 0.717) is 13.0 Å². The van der Waals surface area contributed by atoms with Crippen molar-refractivity contribution in [3.05, 3.63) is 0 Å². The predicted molar refractivity (Wildman–Crippen MR) is 57.2 cm³/mol. The summed E-state index contributed by atoms with van der Waals surface area (Å²) in [6.07, 6.45) is -0.0636. The third-order valence-electron chi connectivity index (χ3n) is 2.81. The molecule has 0 spiro atoms. The number of aliphatic carboxylic acids is 1. The summed E-state index contributed by atoms with van der Waals surface area (Å²) in [6.45, 7) is 4.55. The number of rotatable bonds is 6. The van der Waals surface area contributed by atoms with E-state index in [4.69, 9.17) is 14.6 Å². The van der Waals surface area contributed by atoms with Crippen LogP contribution in [0.1, 0.15) is 26.7 Å². The lowest BCUT2D eigenvalue weighted by atomic mass is 9.82. The second-order valence-corrected chi connectivity index (χ2v) is 4.63. The van der Waals surface area contributed by atoms with Crippen molar-refractivity contribution in [2.24, 2.45) is 5.41 Å². The summed E-state index contributed by atoms with van der Waals surface area (Å²) in [4.78, 5) is 11.2. The minimum absolute atomic E-state index is 0.0373. The van der Waals surface area contributed by atoms with Crippen molar-refractivity contribution < 1.29 is 24.5 Å². The zero-order chi connectivity index (χ0) is 12.2. The number of ether oxygens (including phenoxy) is 2. The quantitative estimate of drug-likeness (QED) is 0.703. The third kappa shape index (κ3) is 3.43. The zero-order valence-corrected chi connectivity index (χ0v) is 9.81. The molecule has 16 heavy (non-hydrogen) atoms. The topological polar surface area (TPSA) is 76.0 Å². The lowest BCUT2D eigenvalue weighted by Crippen LogP contribution is -2.37. The van der Waals surface area contributed by atoms with Crippen molar-refractivity contribution in [1.82, 2.24) is 0 Å². The van der Waals surface area contributed by atoms with Gasteiger partial charge in [-0.25, -0.2) is 0 Å². The van der Waals surface area contributed by atoms with Crippen molar-refractivity contribution in [1.29, 1.82) is 0 Å². The second-order valence-electron chi connectivity index (χ2n) is 4.63. The van der Waals surface area contributed by atoms with Crippen LogP contribution in [0.5, 0.6) is 0 Å². The molecule has 0 aromatic carbocycles. The van der Waals surface area contributed by atoms with Crippen molar-refractivity contribution in [3.63, 3.8) is 0 Å². The van der Waals surface area contributed by atoms with Crippen molar-refractivity contribution in [2.75, 3.05) is 19.8 Å². The molecule has 0 amide bonds. The number of hydrogen-bond donors (Lipinski definition) is 2. The highest BCUT2D eigenvalue weighted by Gasteiger charge is 2.43. The van der Waals surface area contributed by atoms with Crippen LogP contribution in [0.25, 0.3) is 0 Å². The first kappa shape index (κ1) is 13.4. The molecule has 1 aliphatic heterocycles. The standard InChI is InChI=1S/C11H20O5/c1-8(2)16-6-9(12)5-11(10(13)14)3-4-15-7-11/h8-9,12H,3-7H2,1-2H3,(H,13,14). The largest absolute Gasteiger partial charge is 0.481 e. The van der Waals surface area contributed by atoms with Gasteiger partial charge in [0.2, 0.25) is 0 Å². The molecule has 0 saturated carbocycles. The summed E-state index contributed by atoms with van der Waals surface area (Å²) >= 11 is 0. The maximum atomic E-state index is 11.2. The smallest absolute Gasteiger partial charge is 0.312 e. The van der Waals surface area contributed by atoms with E-state index in [2.05, 4.69) is 0 Å². The maximum absolute atomic E-state index is 11.2. The lowest BCUT2D eigenvalue weighted by Gasteiger charge is -2.25. The highest BCUT2D eigenvalue weighted by atomic mass is 16.5. The molecular formula is C11H20O5. The first-order valence-corrected chi connectivity index (χ1v) is 5.57. The Morgan fingerprint density at radius 2 is 2.25 bits per heavy atom. The number of aliphatic hydroxyl groups is 1. The maximum Gasteiger partial charge on any atom is 0.312 e. The average molecular weight is 232 g/mol. The van der Waals surface area contributed by atoms with Crippen LogP contribution in [0.2, 0.25) is 0 Å². The molecule has 0 aliphatic carbocycles. The normalized spacial score (nSPS) is 27.2. The number of carbonyl (C=O) groups is 1. The van der Waals surface area contributed by atoms with Gasteiger partial charge in [0.1, 0.15) is 0 Å². The molecule has 1 saturated heterocycles. The Hall–Kier alpha value is -0.650. The van der Waals surface area contributed by atoms with E-state index in [1.165, 1.54) is 0 Å². The van der Waals surface area contributed by atoms with E-state index in [1.807, 2.05) is 13.8 Å². The molecule has 94 valence electrons. The van der Waals surface area contributed by atoms with Gasteiger partial charge < -0.3 is 19.7 Å². The highest BCUT2D eigenvalue weighted by Crippen LogP contribution is 2.34. The summed E-state index contributed by atoms with van der Waals surface area (Å²) in [5.74, 6) is -0.895. The molecule has 5 heteroatoms. The molecule has 0 radical (unpaired) electrons. The average Bonchev–Trinajstić information content (AvgIpc) is 2.64. The molecule has 1 heterocycles. The van der Waals surface area contributed by atoms with E-state index in [0.717, 1.165) is 0 Å². The van der Waals surface area contributed by atoms with Gasteiger partial charge in [-0.3, -0.25) is 4.79 Å². The van der Waals surface area contributed by atoms with Crippen LogP contribution in [0.4, 0.5) is 0 Å². The molecule has 5 nitrogen and oxygen atoms in total. The SMILES string of the molecule is CC(C)OCC(O)CC1(C(=O)O)CCOC1. The Bertz CT molecular complexity index is 233. The zero-order valence-electron chi connectivity index (χ0n) is 9.81. The van der Waals surface area contributed by atoms with Gasteiger partial charge in [0.15, 0.2) is 0 Å². The highest BCUT2D eigenvalue weighted by molar-refractivity contribution is 5.75. The second kappa shape index (κ2) is 5.61. The van der Waals surface area contributed by atoms with Crippen LogP contribution < -0.4 is 0 Å². The van der Waals surface area contributed by atoms with Crippen molar-refractivity contribution in [2.45, 2.75) is 38.9 Å². The Kier molecular flexibility index (Phi) is 4.70. The minimum atomic E-state index is -0.931. The van der Waals surface area contributed by atoms with Crippen LogP contribution in [0, 0.1) is 5.41 Å². The molecule has 1 aliphatic rings. The molecule has 2 atom stereocenters. The van der Waals surface area contributed by atoms with E-state index in [9.17, 15) is 9.90 Å². The number of carboxylic acids is 1. The van der Waals surface area contributed by atoms with Crippen LogP contribution in [0.15, 0.2) is 0 Å². The molecule has 2 unspecified atom stereocenters. The molecule has 0 bridgehead atoms. The Morgan fingerprint density at radius 1 is 1.56 bits per heavy atom. The molecule has 1 rings (SSSR count). The van der Waals surface area contributed by atoms with E-state index in [1.54, 1.807) is 0 Å². The predicted octanol–water partition coefficient (Wildman–Crippen LogP) is 0.654. The fraction of sp³-hybridized carbons (Fsp3) is 0.909. The van der Waals surface area contributed by atoms with E-state index >= 15 is 0 Å². The van der Waals surface area contributed by atoms with Crippen LogP contribution >= 0.6 is 0 Å². The first-order valence-electron chi connectivity index (χ1n) is 5.57. The third-order valence-corrected chi connectivity index (χ3v) is 2.81. The number of hydrogen-bond acceptors (Lipinski definition) is 4. The molecule has 1 fully saturated rings. The van der Waals surface area contributed by atoms with Gasteiger partial charge in [-0.2, -0.15) is 0 Å². The van der Waals surface area contributed by atoms with Gasteiger partial charge in [0.05, 0.1) is 30.8 Å². The minimum Gasteiger partial charge on any atom is -0.481 e. The van der Waals surface area contributed by atoms with E-state index in [-0.39, 0.29) is 25.7 Å². The van der Waals surface area contributed by atoms with E-state index < -0.39 is 17.5 Å². The van der Waals surface area contributed by atoms with Gasteiger partial charge in [-0.1, -0.05) is 0 Å². The number of aliphatic hydroxyl groups excluding tert-OH is 1. The number of carboxylic acid groups (broad SMARTS) is 1. The molecular weight excluding hydrogens is 212 g/mol. The van der Waals surface area contributed by atoms with Crippen molar-refractivity contribution in [3.8, 4) is 0 Å². The van der Waals surface area contributed by atoms with Gasteiger partial charge in [-0.05, 0) is 26.7 Å². The van der Waals surface area contributed by atoms with Gasteiger partial charge >= 0.3 is 5.97 Å². The molecule has 2 N–H and O–H groups in total. The van der Waals surface area contributed by atoms with Crippen LogP contribution in [0.3, 0.4) is 0 Å². The molecule has 0 aromatic rings. The fourth-order valence-corrected chi connectivity index (χ4v) is 1.84. The summed E-state index contributed by atoms with van der Waals surface area (Å²) in [5.41, 5.74) is -0.931. The van der Waals surface area contributed by atoms with Gasteiger partial charge in [0.25, 0.3) is 0 Å². The summed E-state index contributed by atoms with van der Waals surface area (Å²) in [7, 11) is 0. The fourth-order valence-electron chi connectivity index (χ4n) is 1.84.